The van der Waals surface area contributed by atoms with Crippen LogP contribution in [0.25, 0.3) is 16.6 Å². The van der Waals surface area contributed by atoms with E-state index < -0.39 is 0 Å². The Morgan fingerprint density at radius 2 is 2.00 bits per heavy atom. The predicted molar refractivity (Wildman–Crippen MR) is 75.4 cm³/mol. The van der Waals surface area contributed by atoms with Crippen molar-refractivity contribution in [2.24, 2.45) is 0 Å². The van der Waals surface area contributed by atoms with E-state index in [1.165, 1.54) is 5.56 Å². The Balaban J connectivity index is 2.17. The van der Waals surface area contributed by atoms with Gasteiger partial charge in [0.25, 0.3) is 0 Å². The van der Waals surface area contributed by atoms with Gasteiger partial charge in [0, 0.05) is 11.3 Å². The van der Waals surface area contributed by atoms with Crippen LogP contribution in [0.5, 0.6) is 0 Å². The van der Waals surface area contributed by atoms with Crippen molar-refractivity contribution in [2.75, 3.05) is 0 Å². The third-order valence-corrected chi connectivity index (χ3v) is 3.48. The van der Waals surface area contributed by atoms with E-state index >= 15 is 0 Å². The van der Waals surface area contributed by atoms with Gasteiger partial charge in [-0.3, -0.25) is 0 Å². The van der Waals surface area contributed by atoms with Gasteiger partial charge in [0.05, 0.1) is 17.4 Å². The Labute approximate surface area is 111 Å². The first-order valence-corrected chi connectivity index (χ1v) is 6.41. The highest BCUT2D eigenvalue weighted by molar-refractivity contribution is 6.17. The van der Waals surface area contributed by atoms with Gasteiger partial charge in [0.2, 0.25) is 0 Å². The highest BCUT2D eigenvalue weighted by Gasteiger charge is 2.05. The molecule has 2 aromatic carbocycles. The number of alkyl halides is 1. The first kappa shape index (κ1) is 11.3. The molecule has 0 aliphatic heterocycles. The van der Waals surface area contributed by atoms with E-state index in [0.717, 1.165) is 22.2 Å². The van der Waals surface area contributed by atoms with Crippen molar-refractivity contribution in [3.63, 3.8) is 0 Å². The molecule has 0 spiro atoms. The molecule has 1 heterocycles. The molecule has 0 saturated carbocycles. The highest BCUT2D eigenvalue weighted by Crippen LogP contribution is 2.20. The maximum Gasteiger partial charge on any atom is 0.0741 e. The predicted octanol–water partition coefficient (Wildman–Crippen LogP) is 4.07. The summed E-state index contributed by atoms with van der Waals surface area (Å²) >= 11 is 5.88. The third kappa shape index (κ3) is 1.79. The van der Waals surface area contributed by atoms with Gasteiger partial charge in [-0.05, 0) is 36.2 Å². The van der Waals surface area contributed by atoms with E-state index in [1.807, 2.05) is 23.0 Å². The maximum atomic E-state index is 5.88. The molecular weight excluding hydrogens is 244 g/mol. The lowest BCUT2D eigenvalue weighted by molar-refractivity contribution is 0.908. The molecule has 0 bridgehead atoms. The lowest BCUT2D eigenvalue weighted by Gasteiger charge is -2.07. The summed E-state index contributed by atoms with van der Waals surface area (Å²) in [6.07, 6.45) is 1.89. The Morgan fingerprint density at radius 1 is 1.17 bits per heavy atom. The lowest BCUT2D eigenvalue weighted by atomic mass is 10.1. The van der Waals surface area contributed by atoms with Gasteiger partial charge >= 0.3 is 0 Å². The molecule has 0 fully saturated rings. The maximum absolute atomic E-state index is 5.88. The SMILES string of the molecule is Cc1cc(-n2ncc3ccccc32)ccc1CCl. The minimum atomic E-state index is 0.548. The van der Waals surface area contributed by atoms with Crippen molar-refractivity contribution in [1.82, 2.24) is 9.78 Å². The zero-order chi connectivity index (χ0) is 12.5. The highest BCUT2D eigenvalue weighted by atomic mass is 35.5. The molecule has 0 aliphatic carbocycles. The molecule has 3 heteroatoms. The zero-order valence-corrected chi connectivity index (χ0v) is 10.9. The molecule has 2 nitrogen and oxygen atoms in total. The van der Waals surface area contributed by atoms with Crippen LogP contribution in [0, 0.1) is 6.92 Å². The molecule has 0 aliphatic rings. The number of hydrogen-bond donors (Lipinski definition) is 0. The summed E-state index contributed by atoms with van der Waals surface area (Å²) in [4.78, 5) is 0. The van der Waals surface area contributed by atoms with E-state index in [2.05, 4.69) is 42.4 Å². The van der Waals surface area contributed by atoms with Crippen LogP contribution in [-0.4, -0.2) is 9.78 Å². The zero-order valence-electron chi connectivity index (χ0n) is 10.1. The van der Waals surface area contributed by atoms with Gasteiger partial charge in [0.1, 0.15) is 0 Å². The molecule has 1 aromatic heterocycles. The van der Waals surface area contributed by atoms with Crippen LogP contribution < -0.4 is 0 Å². The largest absolute Gasteiger partial charge is 0.233 e. The number of fused-ring (bicyclic) bond motifs is 1. The third-order valence-electron chi connectivity index (χ3n) is 3.19. The van der Waals surface area contributed by atoms with Gasteiger partial charge in [-0.25, -0.2) is 4.68 Å². The van der Waals surface area contributed by atoms with Crippen LogP contribution in [0.1, 0.15) is 11.1 Å². The molecule has 3 rings (SSSR count). The second-order valence-electron chi connectivity index (χ2n) is 4.36. The van der Waals surface area contributed by atoms with Gasteiger partial charge in [-0.2, -0.15) is 5.10 Å². The average molecular weight is 257 g/mol. The minimum absolute atomic E-state index is 0.548. The van der Waals surface area contributed by atoms with Crippen molar-refractivity contribution in [3.05, 3.63) is 59.8 Å². The molecule has 0 saturated heterocycles. The van der Waals surface area contributed by atoms with Gasteiger partial charge in [-0.15, -0.1) is 11.6 Å². The number of aryl methyl sites for hydroxylation is 1. The quantitative estimate of drug-likeness (QED) is 0.632. The van der Waals surface area contributed by atoms with Gasteiger partial charge in [-0.1, -0.05) is 24.3 Å². The van der Waals surface area contributed by atoms with Crippen molar-refractivity contribution in [1.29, 1.82) is 0 Å². The Morgan fingerprint density at radius 3 is 2.78 bits per heavy atom. The van der Waals surface area contributed by atoms with Gasteiger partial charge < -0.3 is 0 Å². The molecule has 18 heavy (non-hydrogen) atoms. The van der Waals surface area contributed by atoms with E-state index in [4.69, 9.17) is 11.6 Å². The van der Waals surface area contributed by atoms with E-state index in [9.17, 15) is 0 Å². The van der Waals surface area contributed by atoms with E-state index in [1.54, 1.807) is 0 Å². The van der Waals surface area contributed by atoms with Crippen molar-refractivity contribution < 1.29 is 0 Å². The monoisotopic (exact) mass is 256 g/mol. The fourth-order valence-corrected chi connectivity index (χ4v) is 2.44. The second kappa shape index (κ2) is 4.46. The fraction of sp³-hybridized carbons (Fsp3) is 0.133. The summed E-state index contributed by atoms with van der Waals surface area (Å²) in [5.74, 6) is 0.548. The van der Waals surface area contributed by atoms with Crippen LogP contribution in [0.2, 0.25) is 0 Å². The lowest BCUT2D eigenvalue weighted by Crippen LogP contribution is -1.97. The smallest absolute Gasteiger partial charge is 0.0741 e. The Bertz CT molecular complexity index is 701. The Hall–Kier alpha value is -1.80. The molecule has 0 radical (unpaired) electrons. The van der Waals surface area contributed by atoms with Gasteiger partial charge in [0.15, 0.2) is 0 Å². The molecule has 90 valence electrons. The number of nitrogens with zero attached hydrogens (tertiary/aromatic N) is 2. The van der Waals surface area contributed by atoms with Crippen LogP contribution in [-0.2, 0) is 5.88 Å². The standard InChI is InChI=1S/C15H13ClN2/c1-11-8-14(7-6-12(11)9-16)18-15-5-3-2-4-13(15)10-17-18/h2-8,10H,9H2,1H3. The summed E-state index contributed by atoms with van der Waals surface area (Å²) < 4.78 is 1.96. The average Bonchev–Trinajstić information content (AvgIpc) is 2.82. The Kier molecular flexibility index (Phi) is 2.80. The first-order valence-electron chi connectivity index (χ1n) is 5.88. The molecular formula is C15H13ClN2. The summed E-state index contributed by atoms with van der Waals surface area (Å²) in [6.45, 7) is 2.08. The van der Waals surface area contributed by atoms with E-state index in [-0.39, 0.29) is 0 Å². The number of benzene rings is 2. The summed E-state index contributed by atoms with van der Waals surface area (Å²) in [7, 11) is 0. The molecule has 0 N–H and O–H groups in total. The second-order valence-corrected chi connectivity index (χ2v) is 4.63. The normalized spacial score (nSPS) is 11.0. The first-order chi connectivity index (χ1) is 8.79. The number of para-hydroxylation sites is 1. The van der Waals surface area contributed by atoms with Crippen molar-refractivity contribution in [3.8, 4) is 5.69 Å². The van der Waals surface area contributed by atoms with Crippen molar-refractivity contribution >= 4 is 22.5 Å². The summed E-state index contributed by atoms with van der Waals surface area (Å²) in [6, 6.07) is 14.4. The number of aromatic nitrogens is 2. The number of rotatable bonds is 2. The summed E-state index contributed by atoms with van der Waals surface area (Å²) in [5.41, 5.74) is 4.55. The topological polar surface area (TPSA) is 17.8 Å². The van der Waals surface area contributed by atoms with Crippen molar-refractivity contribution in [2.45, 2.75) is 12.8 Å². The van der Waals surface area contributed by atoms with Crippen LogP contribution in [0.15, 0.2) is 48.7 Å². The van der Waals surface area contributed by atoms with E-state index in [0.29, 0.717) is 5.88 Å². The fourth-order valence-electron chi connectivity index (χ4n) is 2.14. The number of halogens is 1. The molecule has 0 unspecified atom stereocenters. The van der Waals surface area contributed by atoms with Crippen LogP contribution in [0.3, 0.4) is 0 Å². The van der Waals surface area contributed by atoms with Crippen LogP contribution in [0.4, 0.5) is 0 Å². The molecule has 3 aromatic rings. The number of hydrogen-bond acceptors (Lipinski definition) is 1. The van der Waals surface area contributed by atoms with Crippen LogP contribution >= 0.6 is 11.6 Å². The molecule has 0 atom stereocenters. The molecule has 0 amide bonds. The minimum Gasteiger partial charge on any atom is -0.233 e. The summed E-state index contributed by atoms with van der Waals surface area (Å²) in [5, 5.41) is 5.60.